The molecule has 1 aliphatic rings. The first-order valence-corrected chi connectivity index (χ1v) is 8.75. The van der Waals surface area contributed by atoms with Crippen molar-refractivity contribution < 1.29 is 0 Å². The molecule has 0 nitrogen and oxygen atoms in total. The van der Waals surface area contributed by atoms with Crippen molar-refractivity contribution >= 4 is 18.2 Å². The minimum atomic E-state index is 0.475. The van der Waals surface area contributed by atoms with E-state index in [1.165, 1.54) is 33.4 Å². The minimum absolute atomic E-state index is 0.475. The van der Waals surface area contributed by atoms with Crippen LogP contribution in [0.3, 0.4) is 0 Å². The lowest BCUT2D eigenvalue weighted by Gasteiger charge is -2.16. The van der Waals surface area contributed by atoms with Gasteiger partial charge in [0.25, 0.3) is 0 Å². The van der Waals surface area contributed by atoms with Gasteiger partial charge < -0.3 is 0 Å². The zero-order valence-electron chi connectivity index (χ0n) is 14.0. The van der Waals surface area contributed by atoms with Crippen LogP contribution in [0.1, 0.15) is 47.1 Å². The van der Waals surface area contributed by atoms with Crippen LogP contribution in [0.4, 0.5) is 0 Å². The van der Waals surface area contributed by atoms with Crippen molar-refractivity contribution in [2.24, 2.45) is 0 Å². The van der Waals surface area contributed by atoms with Crippen LogP contribution >= 0.6 is 12.6 Å². The van der Waals surface area contributed by atoms with Crippen molar-refractivity contribution in [3.05, 3.63) is 82.9 Å². The summed E-state index contributed by atoms with van der Waals surface area (Å²) in [6, 6.07) is 13.5. The molecule has 0 saturated heterocycles. The lowest BCUT2D eigenvalue weighted by atomic mass is 9.91. The Morgan fingerprint density at radius 3 is 2.78 bits per heavy atom. The van der Waals surface area contributed by atoms with E-state index in [-0.39, 0.29) is 0 Å². The second-order valence-corrected chi connectivity index (χ2v) is 7.07. The maximum Gasteiger partial charge on any atom is 0.00775 e. The largest absolute Gasteiger partial charge is 0.143 e. The van der Waals surface area contributed by atoms with Crippen LogP contribution in [0.5, 0.6) is 0 Å². The minimum Gasteiger partial charge on any atom is -0.143 e. The quantitative estimate of drug-likeness (QED) is 0.496. The molecule has 1 aliphatic carbocycles. The summed E-state index contributed by atoms with van der Waals surface area (Å²) in [5.74, 6) is 0.475. The highest BCUT2D eigenvalue weighted by atomic mass is 32.1. The second kappa shape index (κ2) is 6.80. The molecule has 0 saturated carbocycles. The Morgan fingerprint density at radius 1 is 1.22 bits per heavy atom. The molecule has 0 spiro atoms. The summed E-state index contributed by atoms with van der Waals surface area (Å²) < 4.78 is 0. The molecule has 23 heavy (non-hydrogen) atoms. The topological polar surface area (TPSA) is 0 Å². The summed E-state index contributed by atoms with van der Waals surface area (Å²) in [6.45, 7) is 8.26. The summed E-state index contributed by atoms with van der Waals surface area (Å²) in [5.41, 5.74) is 8.31. The number of rotatable bonds is 5. The number of hydrogen-bond donors (Lipinski definition) is 1. The number of thiol groups is 1. The Morgan fingerprint density at radius 2 is 2.04 bits per heavy atom. The summed E-state index contributed by atoms with van der Waals surface area (Å²) in [7, 11) is 0. The third kappa shape index (κ3) is 3.45. The molecule has 0 amide bonds. The Labute approximate surface area is 145 Å². The molecule has 0 bridgehead atoms. The van der Waals surface area contributed by atoms with Crippen molar-refractivity contribution in [3.8, 4) is 0 Å². The molecule has 0 N–H and O–H groups in total. The highest BCUT2D eigenvalue weighted by Gasteiger charge is 2.15. The second-order valence-electron chi connectivity index (χ2n) is 6.59. The summed E-state index contributed by atoms with van der Waals surface area (Å²) in [6.07, 6.45) is 7.41. The smallest absolute Gasteiger partial charge is 0.00775 e. The van der Waals surface area contributed by atoms with Crippen LogP contribution in [0.25, 0.3) is 5.57 Å². The molecule has 118 valence electrons. The molecule has 0 aromatic heterocycles. The van der Waals surface area contributed by atoms with Gasteiger partial charge in [0, 0.05) is 4.90 Å². The molecule has 0 aliphatic heterocycles. The van der Waals surface area contributed by atoms with E-state index >= 15 is 0 Å². The van der Waals surface area contributed by atoms with Gasteiger partial charge in [0.15, 0.2) is 0 Å². The zero-order chi connectivity index (χ0) is 16.4. The van der Waals surface area contributed by atoms with E-state index in [9.17, 15) is 0 Å². The van der Waals surface area contributed by atoms with Crippen LogP contribution in [0, 0.1) is 6.92 Å². The van der Waals surface area contributed by atoms with Gasteiger partial charge in [-0.05, 0) is 66.0 Å². The van der Waals surface area contributed by atoms with E-state index in [1.807, 2.05) is 6.08 Å². The van der Waals surface area contributed by atoms with Crippen molar-refractivity contribution in [1.82, 2.24) is 0 Å². The Kier molecular flexibility index (Phi) is 4.77. The van der Waals surface area contributed by atoms with Crippen LogP contribution in [-0.4, -0.2) is 0 Å². The first-order valence-electron chi connectivity index (χ1n) is 8.30. The maximum absolute atomic E-state index is 4.66. The van der Waals surface area contributed by atoms with Crippen molar-refractivity contribution in [3.63, 3.8) is 0 Å². The molecular weight excluding hydrogens is 296 g/mol. The molecule has 0 heterocycles. The van der Waals surface area contributed by atoms with Gasteiger partial charge in [0.2, 0.25) is 0 Å². The van der Waals surface area contributed by atoms with E-state index < -0.39 is 0 Å². The normalized spacial score (nSPS) is 14.3. The predicted molar refractivity (Wildman–Crippen MR) is 103 cm³/mol. The lowest BCUT2D eigenvalue weighted by molar-refractivity contribution is 0.742. The van der Waals surface area contributed by atoms with Gasteiger partial charge in [0.05, 0.1) is 0 Å². The van der Waals surface area contributed by atoms with Gasteiger partial charge in [-0.1, -0.05) is 55.0 Å². The van der Waals surface area contributed by atoms with Gasteiger partial charge in [-0.15, -0.1) is 19.2 Å². The Balaban J connectivity index is 1.78. The fourth-order valence-electron chi connectivity index (χ4n) is 3.48. The number of aryl methyl sites for hydroxylation is 1. The van der Waals surface area contributed by atoms with E-state index in [0.717, 1.165) is 24.2 Å². The fourth-order valence-corrected chi connectivity index (χ4v) is 3.98. The first kappa shape index (κ1) is 16.1. The Bertz CT molecular complexity index is 768. The molecular formula is C22H24S. The average molecular weight is 321 g/mol. The predicted octanol–water partition coefficient (Wildman–Crippen LogP) is 6.15. The number of benzene rings is 2. The standard InChI is InChI=1S/C22H24S/c1-4-5-18-8-9-19-14-17(7-11-21(18)19)13-16(3)20-10-6-15(2)12-22(20)23/h4,6-8,10-12,14,16,23H,1,5,9,13H2,2-3H3. The summed E-state index contributed by atoms with van der Waals surface area (Å²) >= 11 is 4.66. The van der Waals surface area contributed by atoms with Crippen molar-refractivity contribution in [1.29, 1.82) is 0 Å². The van der Waals surface area contributed by atoms with Crippen molar-refractivity contribution in [2.75, 3.05) is 0 Å². The molecule has 0 fully saturated rings. The number of hydrogen-bond acceptors (Lipinski definition) is 1. The third-order valence-corrected chi connectivity index (χ3v) is 5.09. The van der Waals surface area contributed by atoms with Crippen molar-refractivity contribution in [2.45, 2.75) is 43.9 Å². The van der Waals surface area contributed by atoms with E-state index in [1.54, 1.807) is 0 Å². The average Bonchev–Trinajstić information content (AvgIpc) is 2.90. The molecule has 0 radical (unpaired) electrons. The maximum atomic E-state index is 4.66. The SMILES string of the molecule is C=CCC1=CCc2cc(CC(C)c3ccc(C)cc3S)ccc21. The van der Waals surface area contributed by atoms with Gasteiger partial charge in [-0.25, -0.2) is 0 Å². The first-order chi connectivity index (χ1) is 11.1. The molecule has 2 aromatic carbocycles. The summed E-state index contributed by atoms with van der Waals surface area (Å²) in [4.78, 5) is 1.11. The lowest BCUT2D eigenvalue weighted by Crippen LogP contribution is -2.01. The van der Waals surface area contributed by atoms with Crippen LogP contribution in [0.2, 0.25) is 0 Å². The van der Waals surface area contributed by atoms with Crippen LogP contribution in [-0.2, 0) is 12.8 Å². The monoisotopic (exact) mass is 320 g/mol. The van der Waals surface area contributed by atoms with Gasteiger partial charge in [-0.3, -0.25) is 0 Å². The van der Waals surface area contributed by atoms with Gasteiger partial charge in [-0.2, -0.15) is 0 Å². The Hall–Kier alpha value is -1.73. The van der Waals surface area contributed by atoms with E-state index in [4.69, 9.17) is 0 Å². The molecule has 1 heteroatoms. The molecule has 3 rings (SSSR count). The van der Waals surface area contributed by atoms with Crippen LogP contribution in [0.15, 0.2) is 60.0 Å². The fraction of sp³-hybridized carbons (Fsp3) is 0.273. The van der Waals surface area contributed by atoms with E-state index in [2.05, 4.69) is 75.5 Å². The highest BCUT2D eigenvalue weighted by molar-refractivity contribution is 7.80. The number of fused-ring (bicyclic) bond motifs is 1. The summed E-state index contributed by atoms with van der Waals surface area (Å²) in [5, 5.41) is 0. The molecule has 1 unspecified atom stereocenters. The molecule has 2 aromatic rings. The zero-order valence-corrected chi connectivity index (χ0v) is 14.9. The van der Waals surface area contributed by atoms with E-state index in [0.29, 0.717) is 5.92 Å². The van der Waals surface area contributed by atoms with Gasteiger partial charge >= 0.3 is 0 Å². The van der Waals surface area contributed by atoms with Crippen LogP contribution < -0.4 is 0 Å². The number of allylic oxidation sites excluding steroid dienone is 3. The van der Waals surface area contributed by atoms with Gasteiger partial charge in [0.1, 0.15) is 0 Å². The molecule has 1 atom stereocenters. The third-order valence-electron chi connectivity index (χ3n) is 4.71. The highest BCUT2D eigenvalue weighted by Crippen LogP contribution is 2.32.